The number of hydrogen-bond donors (Lipinski definition) is 0. The van der Waals surface area contributed by atoms with E-state index >= 15 is 0 Å². The highest BCUT2D eigenvalue weighted by atomic mass is 79.9. The second kappa shape index (κ2) is 5.23. The average molecular weight is 307 g/mol. The molecule has 92 valence electrons. The van der Waals surface area contributed by atoms with Crippen LogP contribution in [-0.2, 0) is 16.1 Å². The number of rotatable bonds is 3. The van der Waals surface area contributed by atoms with Crippen LogP contribution >= 0.6 is 15.9 Å². The Morgan fingerprint density at radius 3 is 3.00 bits per heavy atom. The Morgan fingerprint density at radius 1 is 1.56 bits per heavy atom. The summed E-state index contributed by atoms with van der Waals surface area (Å²) in [5.74, 6) is -0.231. The van der Waals surface area contributed by atoms with Crippen LogP contribution in [0.2, 0.25) is 0 Å². The molecule has 0 radical (unpaired) electrons. The van der Waals surface area contributed by atoms with E-state index in [1.54, 1.807) is 6.07 Å². The van der Waals surface area contributed by atoms with Crippen LogP contribution in [0.4, 0.5) is 5.69 Å². The number of hydrogen-bond acceptors (Lipinski definition) is 2. The minimum Gasteiger partial charge on any atom is -0.469 e. The highest BCUT2D eigenvalue weighted by Gasteiger charge is 2.09. The van der Waals surface area contributed by atoms with Crippen LogP contribution in [0.5, 0.6) is 0 Å². The van der Waals surface area contributed by atoms with Gasteiger partial charge in [0.05, 0.1) is 20.1 Å². The third-order valence-corrected chi connectivity index (χ3v) is 3.36. The second-order valence-electron chi connectivity index (χ2n) is 3.81. The molecule has 0 aliphatic carbocycles. The van der Waals surface area contributed by atoms with E-state index in [1.165, 1.54) is 7.11 Å². The maximum atomic E-state index is 11.1. The highest BCUT2D eigenvalue weighted by molar-refractivity contribution is 9.10. The molecule has 0 spiro atoms. The van der Waals surface area contributed by atoms with Crippen molar-refractivity contribution >= 4 is 38.5 Å². The number of fused-ring (bicyclic) bond motifs is 1. The molecule has 1 aromatic carbocycles. The van der Waals surface area contributed by atoms with Gasteiger partial charge in [-0.1, -0.05) is 6.07 Å². The maximum Gasteiger partial charge on any atom is 0.307 e. The molecule has 0 aliphatic rings. The molecule has 4 nitrogen and oxygen atoms in total. The van der Waals surface area contributed by atoms with Crippen LogP contribution < -0.4 is 0 Å². The molecule has 1 aromatic heterocycles. The summed E-state index contributed by atoms with van der Waals surface area (Å²) in [6.45, 7) is 7.56. The van der Waals surface area contributed by atoms with Gasteiger partial charge in [-0.25, -0.2) is 4.85 Å². The van der Waals surface area contributed by atoms with Crippen LogP contribution in [0, 0.1) is 6.57 Å². The van der Waals surface area contributed by atoms with Crippen molar-refractivity contribution in [2.24, 2.45) is 0 Å². The second-order valence-corrected chi connectivity index (χ2v) is 4.66. The van der Waals surface area contributed by atoms with Gasteiger partial charge in [0.15, 0.2) is 5.69 Å². The molecule has 0 N–H and O–H groups in total. The Labute approximate surface area is 113 Å². The quantitative estimate of drug-likeness (QED) is 0.642. The molecule has 1 heterocycles. The molecule has 0 aliphatic heterocycles. The predicted molar refractivity (Wildman–Crippen MR) is 72.5 cm³/mol. The van der Waals surface area contributed by atoms with E-state index in [2.05, 4.69) is 25.5 Å². The van der Waals surface area contributed by atoms with Gasteiger partial charge >= 0.3 is 5.97 Å². The van der Waals surface area contributed by atoms with Gasteiger partial charge < -0.3 is 9.30 Å². The van der Waals surface area contributed by atoms with Crippen molar-refractivity contribution < 1.29 is 9.53 Å². The fourth-order valence-corrected chi connectivity index (χ4v) is 2.37. The molecular formula is C13H11BrN2O2. The first kappa shape index (κ1) is 12.7. The molecule has 2 aromatic rings. The summed E-state index contributed by atoms with van der Waals surface area (Å²) in [7, 11) is 1.38. The molecule has 5 heteroatoms. The SMILES string of the molecule is [C-]#[N+]c1ccc2c(c1)c(Br)cn2CCC(=O)OC. The lowest BCUT2D eigenvalue weighted by atomic mass is 10.2. The summed E-state index contributed by atoms with van der Waals surface area (Å²) in [5.41, 5.74) is 1.60. The topological polar surface area (TPSA) is 35.6 Å². The van der Waals surface area contributed by atoms with Crippen LogP contribution in [0.25, 0.3) is 15.7 Å². The van der Waals surface area contributed by atoms with Crippen molar-refractivity contribution in [2.45, 2.75) is 13.0 Å². The van der Waals surface area contributed by atoms with Crippen molar-refractivity contribution in [3.8, 4) is 0 Å². The number of benzene rings is 1. The van der Waals surface area contributed by atoms with E-state index in [-0.39, 0.29) is 5.97 Å². The van der Waals surface area contributed by atoms with E-state index in [0.29, 0.717) is 18.7 Å². The predicted octanol–water partition coefficient (Wildman–Crippen LogP) is 3.52. The van der Waals surface area contributed by atoms with Gasteiger partial charge in [0, 0.05) is 28.1 Å². The van der Waals surface area contributed by atoms with Gasteiger partial charge in [-0.05, 0) is 28.1 Å². The fraction of sp³-hybridized carbons (Fsp3) is 0.231. The molecule has 0 unspecified atom stereocenters. The van der Waals surface area contributed by atoms with E-state index < -0.39 is 0 Å². The zero-order valence-electron chi connectivity index (χ0n) is 9.81. The van der Waals surface area contributed by atoms with Gasteiger partial charge in [0.1, 0.15) is 0 Å². The lowest BCUT2D eigenvalue weighted by Gasteiger charge is -2.04. The molecule has 0 fully saturated rings. The Morgan fingerprint density at radius 2 is 2.33 bits per heavy atom. The number of methoxy groups -OCH3 is 1. The van der Waals surface area contributed by atoms with Gasteiger partial charge in [-0.3, -0.25) is 4.79 Å². The highest BCUT2D eigenvalue weighted by Crippen LogP contribution is 2.30. The average Bonchev–Trinajstić information content (AvgIpc) is 2.72. The number of aromatic nitrogens is 1. The maximum absolute atomic E-state index is 11.1. The summed E-state index contributed by atoms with van der Waals surface area (Å²) in [6.07, 6.45) is 2.25. The summed E-state index contributed by atoms with van der Waals surface area (Å²) in [5, 5.41) is 0.980. The van der Waals surface area contributed by atoms with Gasteiger partial charge in [0.2, 0.25) is 0 Å². The molecular weight excluding hydrogens is 296 g/mol. The third kappa shape index (κ3) is 2.39. The molecule has 0 amide bonds. The first-order valence-corrected chi connectivity index (χ1v) is 6.17. The lowest BCUT2D eigenvalue weighted by Crippen LogP contribution is -2.05. The number of halogens is 1. The van der Waals surface area contributed by atoms with E-state index in [4.69, 9.17) is 6.57 Å². The van der Waals surface area contributed by atoms with Crippen molar-refractivity contribution in [1.82, 2.24) is 4.57 Å². The first-order valence-electron chi connectivity index (χ1n) is 5.38. The summed E-state index contributed by atoms with van der Waals surface area (Å²) in [6, 6.07) is 5.50. The zero-order chi connectivity index (χ0) is 13.1. The number of nitrogens with zero attached hydrogens (tertiary/aromatic N) is 2. The summed E-state index contributed by atoms with van der Waals surface area (Å²) >= 11 is 3.47. The number of esters is 1. The number of carbonyl (C=O) groups excluding carboxylic acids is 1. The third-order valence-electron chi connectivity index (χ3n) is 2.73. The minimum atomic E-state index is -0.231. The largest absolute Gasteiger partial charge is 0.469 e. The Bertz CT molecular complexity index is 640. The van der Waals surface area contributed by atoms with Crippen LogP contribution in [0.3, 0.4) is 0 Å². The van der Waals surface area contributed by atoms with Gasteiger partial charge in [-0.2, -0.15) is 0 Å². The van der Waals surface area contributed by atoms with Gasteiger partial charge in [0.25, 0.3) is 0 Å². The van der Waals surface area contributed by atoms with Crippen molar-refractivity contribution in [3.63, 3.8) is 0 Å². The number of aryl methyl sites for hydroxylation is 1. The monoisotopic (exact) mass is 306 g/mol. The molecule has 2 rings (SSSR count). The Kier molecular flexibility index (Phi) is 3.68. The molecule has 0 saturated carbocycles. The van der Waals surface area contributed by atoms with Crippen molar-refractivity contribution in [1.29, 1.82) is 0 Å². The zero-order valence-corrected chi connectivity index (χ0v) is 11.4. The smallest absolute Gasteiger partial charge is 0.307 e. The Hall–Kier alpha value is -1.80. The van der Waals surface area contributed by atoms with Gasteiger partial charge in [-0.15, -0.1) is 0 Å². The molecule has 18 heavy (non-hydrogen) atoms. The Balaban J connectivity index is 2.35. The van der Waals surface area contributed by atoms with E-state index in [0.717, 1.165) is 15.4 Å². The first-order chi connectivity index (χ1) is 8.65. The molecule has 0 saturated heterocycles. The van der Waals surface area contributed by atoms with Crippen LogP contribution in [0.15, 0.2) is 28.9 Å². The normalized spacial score (nSPS) is 10.3. The summed E-state index contributed by atoms with van der Waals surface area (Å²) < 4.78 is 7.52. The molecule has 0 bridgehead atoms. The fourth-order valence-electron chi connectivity index (χ4n) is 1.81. The van der Waals surface area contributed by atoms with E-state index in [9.17, 15) is 4.79 Å². The van der Waals surface area contributed by atoms with E-state index in [1.807, 2.05) is 22.9 Å². The van der Waals surface area contributed by atoms with Crippen molar-refractivity contribution in [3.05, 3.63) is 40.3 Å². The van der Waals surface area contributed by atoms with Crippen LogP contribution in [-0.4, -0.2) is 17.6 Å². The number of ether oxygens (including phenoxy) is 1. The summed E-state index contributed by atoms with van der Waals surface area (Å²) in [4.78, 5) is 14.5. The van der Waals surface area contributed by atoms with Crippen LogP contribution in [0.1, 0.15) is 6.42 Å². The van der Waals surface area contributed by atoms with Crippen molar-refractivity contribution in [2.75, 3.05) is 7.11 Å². The standard InChI is InChI=1S/C13H11BrN2O2/c1-15-9-3-4-12-10(7-9)11(14)8-16(12)6-5-13(17)18-2/h3-4,7-8H,5-6H2,2H3. The minimum absolute atomic E-state index is 0.231. The number of carbonyl (C=O) groups is 1. The lowest BCUT2D eigenvalue weighted by molar-refractivity contribution is -0.140. The molecule has 0 atom stereocenters.